The number of hydrogen-bond acceptors (Lipinski definition) is 2. The van der Waals surface area contributed by atoms with Gasteiger partial charge >= 0.3 is 0 Å². The SMILES string of the molecule is Cc1cc(OC(C)C)ccc1NC(C)CCC(C)C. The van der Waals surface area contributed by atoms with Crippen LogP contribution in [0, 0.1) is 12.8 Å². The van der Waals surface area contributed by atoms with E-state index in [0.717, 1.165) is 11.7 Å². The molecule has 2 nitrogen and oxygen atoms in total. The molecule has 2 heteroatoms. The summed E-state index contributed by atoms with van der Waals surface area (Å²) in [7, 11) is 0. The minimum atomic E-state index is 0.225. The number of rotatable bonds is 7. The zero-order chi connectivity index (χ0) is 14.4. The van der Waals surface area contributed by atoms with Crippen LogP contribution in [0.3, 0.4) is 0 Å². The smallest absolute Gasteiger partial charge is 0.120 e. The molecule has 0 aromatic heterocycles. The maximum absolute atomic E-state index is 5.71. The molecule has 1 atom stereocenters. The fraction of sp³-hybridized carbons (Fsp3) is 0.647. The van der Waals surface area contributed by atoms with Gasteiger partial charge in [-0.05, 0) is 70.2 Å². The molecule has 0 fully saturated rings. The summed E-state index contributed by atoms with van der Waals surface area (Å²) < 4.78 is 5.71. The second-order valence-corrected chi connectivity index (χ2v) is 6.16. The first kappa shape index (κ1) is 15.9. The fourth-order valence-electron chi connectivity index (χ4n) is 2.06. The molecule has 0 saturated carbocycles. The monoisotopic (exact) mass is 263 g/mol. The average Bonchev–Trinajstić information content (AvgIpc) is 2.29. The highest BCUT2D eigenvalue weighted by Gasteiger charge is 2.07. The van der Waals surface area contributed by atoms with Crippen LogP contribution in [0.25, 0.3) is 0 Å². The molecular formula is C17H29NO. The molecule has 1 aromatic carbocycles. The summed E-state index contributed by atoms with van der Waals surface area (Å²) in [5.74, 6) is 1.72. The zero-order valence-electron chi connectivity index (χ0n) is 13.3. The van der Waals surface area contributed by atoms with E-state index in [9.17, 15) is 0 Å². The molecule has 1 unspecified atom stereocenters. The van der Waals surface area contributed by atoms with Gasteiger partial charge in [0.1, 0.15) is 5.75 Å². The van der Waals surface area contributed by atoms with Crippen molar-refractivity contribution in [2.45, 2.75) is 66.5 Å². The van der Waals surface area contributed by atoms with Crippen LogP contribution in [-0.4, -0.2) is 12.1 Å². The average molecular weight is 263 g/mol. The molecule has 0 saturated heterocycles. The van der Waals surface area contributed by atoms with Crippen molar-refractivity contribution in [3.63, 3.8) is 0 Å². The second-order valence-electron chi connectivity index (χ2n) is 6.16. The van der Waals surface area contributed by atoms with Gasteiger partial charge in [-0.15, -0.1) is 0 Å². The first-order chi connectivity index (χ1) is 8.88. The van der Waals surface area contributed by atoms with E-state index < -0.39 is 0 Å². The third-order valence-electron chi connectivity index (χ3n) is 3.15. The summed E-state index contributed by atoms with van der Waals surface area (Å²) in [5, 5.41) is 3.59. The van der Waals surface area contributed by atoms with Gasteiger partial charge in [0.15, 0.2) is 0 Å². The van der Waals surface area contributed by atoms with Gasteiger partial charge in [0, 0.05) is 11.7 Å². The van der Waals surface area contributed by atoms with Crippen LogP contribution in [-0.2, 0) is 0 Å². The molecule has 0 aliphatic heterocycles. The van der Waals surface area contributed by atoms with Gasteiger partial charge in [0.2, 0.25) is 0 Å². The van der Waals surface area contributed by atoms with E-state index in [1.54, 1.807) is 0 Å². The van der Waals surface area contributed by atoms with Gasteiger partial charge in [0.05, 0.1) is 6.10 Å². The van der Waals surface area contributed by atoms with Crippen molar-refractivity contribution in [3.8, 4) is 5.75 Å². The standard InChI is InChI=1S/C17H29NO/c1-12(2)7-8-15(6)18-17-10-9-16(11-14(17)5)19-13(3)4/h9-13,15,18H,7-8H2,1-6H3. The Morgan fingerprint density at radius 1 is 1.05 bits per heavy atom. The minimum Gasteiger partial charge on any atom is -0.491 e. The van der Waals surface area contributed by atoms with Crippen LogP contribution in [0.2, 0.25) is 0 Å². The Hall–Kier alpha value is -1.18. The van der Waals surface area contributed by atoms with Gasteiger partial charge in [-0.1, -0.05) is 13.8 Å². The van der Waals surface area contributed by atoms with Crippen LogP contribution in [0.15, 0.2) is 18.2 Å². The fourth-order valence-corrected chi connectivity index (χ4v) is 2.06. The Bertz CT molecular complexity index is 385. The van der Waals surface area contributed by atoms with Crippen molar-refractivity contribution in [3.05, 3.63) is 23.8 Å². The number of nitrogens with one attached hydrogen (secondary N) is 1. The normalized spacial score (nSPS) is 12.8. The highest BCUT2D eigenvalue weighted by Crippen LogP contribution is 2.23. The lowest BCUT2D eigenvalue weighted by molar-refractivity contribution is 0.242. The second kappa shape index (κ2) is 7.42. The van der Waals surface area contributed by atoms with Crippen LogP contribution >= 0.6 is 0 Å². The molecule has 0 radical (unpaired) electrons. The third kappa shape index (κ3) is 6.00. The van der Waals surface area contributed by atoms with Gasteiger partial charge in [-0.25, -0.2) is 0 Å². The Balaban J connectivity index is 2.59. The molecule has 0 aliphatic carbocycles. The van der Waals surface area contributed by atoms with E-state index in [1.165, 1.54) is 24.1 Å². The predicted molar refractivity (Wildman–Crippen MR) is 84.1 cm³/mol. The quantitative estimate of drug-likeness (QED) is 0.746. The number of aryl methyl sites for hydroxylation is 1. The van der Waals surface area contributed by atoms with Gasteiger partial charge in [0.25, 0.3) is 0 Å². The lowest BCUT2D eigenvalue weighted by atomic mass is 10.0. The van der Waals surface area contributed by atoms with E-state index in [4.69, 9.17) is 4.74 Å². The van der Waals surface area contributed by atoms with Crippen LogP contribution in [0.4, 0.5) is 5.69 Å². The van der Waals surface area contributed by atoms with Crippen LogP contribution in [0.5, 0.6) is 5.75 Å². The number of benzene rings is 1. The first-order valence-electron chi connectivity index (χ1n) is 7.42. The number of hydrogen-bond donors (Lipinski definition) is 1. The summed E-state index contributed by atoms with van der Waals surface area (Å²) in [6, 6.07) is 6.79. The summed E-state index contributed by atoms with van der Waals surface area (Å²) in [6.07, 6.45) is 2.70. The molecule has 0 amide bonds. The van der Waals surface area contributed by atoms with Crippen molar-refractivity contribution in [1.29, 1.82) is 0 Å². The topological polar surface area (TPSA) is 21.3 Å². The van der Waals surface area contributed by atoms with Crippen molar-refractivity contribution in [2.75, 3.05) is 5.32 Å². The minimum absolute atomic E-state index is 0.225. The van der Waals surface area contributed by atoms with Crippen LogP contribution < -0.4 is 10.1 Å². The van der Waals surface area contributed by atoms with Crippen molar-refractivity contribution < 1.29 is 4.74 Å². The molecule has 1 N–H and O–H groups in total. The van der Waals surface area contributed by atoms with E-state index in [2.05, 4.69) is 59.0 Å². The number of ether oxygens (including phenoxy) is 1. The molecule has 0 aliphatic rings. The summed E-state index contributed by atoms with van der Waals surface area (Å²) in [4.78, 5) is 0. The molecule has 0 spiro atoms. The Kier molecular flexibility index (Phi) is 6.20. The van der Waals surface area contributed by atoms with Gasteiger partial charge in [-0.3, -0.25) is 0 Å². The van der Waals surface area contributed by atoms with E-state index in [0.29, 0.717) is 6.04 Å². The molecule has 108 valence electrons. The van der Waals surface area contributed by atoms with Crippen molar-refractivity contribution >= 4 is 5.69 Å². The predicted octanol–water partition coefficient (Wildman–Crippen LogP) is 5.02. The summed E-state index contributed by atoms with van der Waals surface area (Å²) >= 11 is 0. The molecule has 1 aromatic rings. The van der Waals surface area contributed by atoms with E-state index >= 15 is 0 Å². The summed E-state index contributed by atoms with van der Waals surface area (Å²) in [5.41, 5.74) is 2.46. The molecule has 0 heterocycles. The summed E-state index contributed by atoms with van der Waals surface area (Å²) in [6.45, 7) is 13.0. The third-order valence-corrected chi connectivity index (χ3v) is 3.15. The van der Waals surface area contributed by atoms with Crippen LogP contribution in [0.1, 0.15) is 53.0 Å². The maximum atomic E-state index is 5.71. The Morgan fingerprint density at radius 2 is 1.74 bits per heavy atom. The van der Waals surface area contributed by atoms with Gasteiger partial charge in [-0.2, -0.15) is 0 Å². The van der Waals surface area contributed by atoms with E-state index in [-0.39, 0.29) is 6.10 Å². The molecule has 19 heavy (non-hydrogen) atoms. The number of anilines is 1. The van der Waals surface area contributed by atoms with E-state index in [1.807, 2.05) is 6.07 Å². The van der Waals surface area contributed by atoms with Crippen molar-refractivity contribution in [1.82, 2.24) is 0 Å². The molecule has 1 rings (SSSR count). The highest BCUT2D eigenvalue weighted by molar-refractivity contribution is 5.54. The first-order valence-corrected chi connectivity index (χ1v) is 7.42. The largest absolute Gasteiger partial charge is 0.491 e. The molecule has 0 bridgehead atoms. The lowest BCUT2D eigenvalue weighted by Gasteiger charge is -2.19. The molecular weight excluding hydrogens is 234 g/mol. The Morgan fingerprint density at radius 3 is 2.26 bits per heavy atom. The lowest BCUT2D eigenvalue weighted by Crippen LogP contribution is -2.16. The maximum Gasteiger partial charge on any atom is 0.120 e. The van der Waals surface area contributed by atoms with Crippen molar-refractivity contribution in [2.24, 2.45) is 5.92 Å². The zero-order valence-corrected chi connectivity index (χ0v) is 13.3. The highest BCUT2D eigenvalue weighted by atomic mass is 16.5. The Labute approximate surface area is 118 Å². The van der Waals surface area contributed by atoms with Gasteiger partial charge < -0.3 is 10.1 Å².